The van der Waals surface area contributed by atoms with Crippen molar-refractivity contribution in [3.05, 3.63) is 53.3 Å². The topological polar surface area (TPSA) is 63.5 Å². The third-order valence-corrected chi connectivity index (χ3v) is 5.30. The molecule has 0 saturated carbocycles. The molecule has 3 heterocycles. The van der Waals surface area contributed by atoms with Gasteiger partial charge in [-0.05, 0) is 36.8 Å². The molecule has 0 bridgehead atoms. The maximum atomic E-state index is 12.8. The van der Waals surface area contributed by atoms with Crippen molar-refractivity contribution in [3.63, 3.8) is 0 Å². The fourth-order valence-corrected chi connectivity index (χ4v) is 3.74. The smallest absolute Gasteiger partial charge is 0.254 e. The number of hydrogen-bond acceptors (Lipinski definition) is 5. The number of ether oxygens (including phenoxy) is 1. The first kappa shape index (κ1) is 18.4. The normalized spacial score (nSPS) is 15.2. The second kappa shape index (κ2) is 7.59. The number of aromatic nitrogens is 3. The number of carbonyl (C=O) groups is 1. The average Bonchev–Trinajstić information content (AvgIpc) is 3.01. The zero-order valence-electron chi connectivity index (χ0n) is 16.6. The van der Waals surface area contributed by atoms with Crippen LogP contribution in [0, 0.1) is 6.92 Å². The van der Waals surface area contributed by atoms with E-state index in [1.54, 1.807) is 13.2 Å². The summed E-state index contributed by atoms with van der Waals surface area (Å²) in [5.41, 5.74) is 3.76. The lowest BCUT2D eigenvalue weighted by molar-refractivity contribution is 0.0628. The predicted molar refractivity (Wildman–Crippen MR) is 107 cm³/mol. The number of aryl methyl sites for hydroxylation is 2. The molecule has 0 N–H and O–H groups in total. The van der Waals surface area contributed by atoms with Crippen LogP contribution in [0.5, 0.6) is 5.75 Å². The summed E-state index contributed by atoms with van der Waals surface area (Å²) >= 11 is 0. The van der Waals surface area contributed by atoms with E-state index in [-0.39, 0.29) is 5.91 Å². The Balaban J connectivity index is 1.39. The number of benzene rings is 1. The third kappa shape index (κ3) is 3.57. The van der Waals surface area contributed by atoms with Crippen molar-refractivity contribution in [1.29, 1.82) is 0 Å². The number of fused-ring (bicyclic) bond motifs is 1. The zero-order chi connectivity index (χ0) is 19.7. The van der Waals surface area contributed by atoms with E-state index in [9.17, 15) is 4.79 Å². The lowest BCUT2D eigenvalue weighted by atomic mass is 10.1. The van der Waals surface area contributed by atoms with Crippen LogP contribution >= 0.6 is 0 Å². The molecular formula is C21H25N5O2. The van der Waals surface area contributed by atoms with Crippen molar-refractivity contribution < 1.29 is 9.53 Å². The summed E-state index contributed by atoms with van der Waals surface area (Å²) < 4.78 is 7.04. The molecule has 3 aromatic rings. The number of nitrogens with zero attached hydrogens (tertiary/aromatic N) is 5. The molecule has 7 nitrogen and oxygen atoms in total. The minimum atomic E-state index is 0.0626. The molecule has 1 aliphatic heterocycles. The van der Waals surface area contributed by atoms with E-state index in [2.05, 4.69) is 21.0 Å². The first-order valence-electron chi connectivity index (χ1n) is 9.49. The van der Waals surface area contributed by atoms with Gasteiger partial charge in [-0.1, -0.05) is 6.07 Å². The molecule has 2 aromatic heterocycles. The van der Waals surface area contributed by atoms with Crippen LogP contribution in [0.4, 0.5) is 0 Å². The molecule has 4 rings (SSSR count). The Bertz CT molecular complexity index is 1010. The van der Waals surface area contributed by atoms with Gasteiger partial charge < -0.3 is 9.64 Å². The molecular weight excluding hydrogens is 354 g/mol. The first-order chi connectivity index (χ1) is 13.5. The molecule has 0 atom stereocenters. The van der Waals surface area contributed by atoms with Crippen LogP contribution in [0.3, 0.4) is 0 Å². The molecule has 1 aliphatic rings. The van der Waals surface area contributed by atoms with Gasteiger partial charge in [0.1, 0.15) is 5.75 Å². The number of piperazine rings is 1. The molecule has 146 valence electrons. The summed E-state index contributed by atoms with van der Waals surface area (Å²) in [6.45, 7) is 5.98. The standard InChI is InChI=1S/C21H25N5O2/c1-15-19-11-16(13-22-20(19)24(2)23-15)14-25-7-9-26(10-8-25)21(27)17-5-4-6-18(12-17)28-3/h4-6,11-13H,7-10,14H2,1-3H3. The van der Waals surface area contributed by atoms with Crippen LogP contribution in [0.15, 0.2) is 36.5 Å². The van der Waals surface area contributed by atoms with Gasteiger partial charge in [-0.25, -0.2) is 4.98 Å². The molecule has 0 radical (unpaired) electrons. The van der Waals surface area contributed by atoms with Gasteiger partial charge in [-0.2, -0.15) is 5.10 Å². The number of hydrogen-bond donors (Lipinski definition) is 0. The monoisotopic (exact) mass is 379 g/mol. The predicted octanol–water partition coefficient (Wildman–Crippen LogP) is 2.24. The first-order valence-corrected chi connectivity index (χ1v) is 9.49. The Labute approximate surface area is 164 Å². The maximum Gasteiger partial charge on any atom is 0.254 e. The molecule has 7 heteroatoms. The Morgan fingerprint density at radius 1 is 1.18 bits per heavy atom. The Morgan fingerprint density at radius 3 is 2.71 bits per heavy atom. The van der Waals surface area contributed by atoms with Crippen LogP contribution in [0.1, 0.15) is 21.6 Å². The molecule has 0 aliphatic carbocycles. The van der Waals surface area contributed by atoms with E-state index >= 15 is 0 Å². The van der Waals surface area contributed by atoms with Crippen molar-refractivity contribution in [2.24, 2.45) is 7.05 Å². The van der Waals surface area contributed by atoms with Crippen LogP contribution < -0.4 is 4.74 Å². The largest absolute Gasteiger partial charge is 0.497 e. The molecule has 0 spiro atoms. The van der Waals surface area contributed by atoms with Gasteiger partial charge in [0.25, 0.3) is 5.91 Å². The molecule has 1 saturated heterocycles. The van der Waals surface area contributed by atoms with E-state index in [0.717, 1.165) is 49.5 Å². The summed E-state index contributed by atoms with van der Waals surface area (Å²) in [6.07, 6.45) is 1.93. The molecule has 0 unspecified atom stereocenters. The van der Waals surface area contributed by atoms with Crippen molar-refractivity contribution >= 4 is 16.9 Å². The quantitative estimate of drug-likeness (QED) is 0.696. The maximum absolute atomic E-state index is 12.8. The lowest BCUT2D eigenvalue weighted by Gasteiger charge is -2.34. The molecule has 1 amide bonds. The highest BCUT2D eigenvalue weighted by Crippen LogP contribution is 2.19. The van der Waals surface area contributed by atoms with Gasteiger partial charge in [-0.15, -0.1) is 0 Å². The fourth-order valence-electron chi connectivity index (χ4n) is 3.74. The van der Waals surface area contributed by atoms with Crippen LogP contribution in [-0.4, -0.2) is 63.8 Å². The second-order valence-electron chi connectivity index (χ2n) is 7.22. The highest BCUT2D eigenvalue weighted by atomic mass is 16.5. The average molecular weight is 379 g/mol. The van der Waals surface area contributed by atoms with Crippen LogP contribution in [0.25, 0.3) is 11.0 Å². The molecule has 1 aromatic carbocycles. The zero-order valence-corrected chi connectivity index (χ0v) is 16.6. The van der Waals surface area contributed by atoms with Gasteiger partial charge >= 0.3 is 0 Å². The van der Waals surface area contributed by atoms with Crippen LogP contribution in [-0.2, 0) is 13.6 Å². The van der Waals surface area contributed by atoms with Crippen molar-refractivity contribution in [3.8, 4) is 5.75 Å². The number of pyridine rings is 1. The molecule has 1 fully saturated rings. The third-order valence-electron chi connectivity index (χ3n) is 5.30. The summed E-state index contributed by atoms with van der Waals surface area (Å²) in [5.74, 6) is 0.769. The van der Waals surface area contributed by atoms with Crippen molar-refractivity contribution in [1.82, 2.24) is 24.6 Å². The number of carbonyl (C=O) groups excluding carboxylic acids is 1. The lowest BCUT2D eigenvalue weighted by Crippen LogP contribution is -2.48. The summed E-state index contributed by atoms with van der Waals surface area (Å²) in [7, 11) is 3.53. The van der Waals surface area contributed by atoms with E-state index < -0.39 is 0 Å². The molecule has 28 heavy (non-hydrogen) atoms. The summed E-state index contributed by atoms with van der Waals surface area (Å²) in [5, 5.41) is 5.54. The van der Waals surface area contributed by atoms with Crippen LogP contribution in [0.2, 0.25) is 0 Å². The Morgan fingerprint density at radius 2 is 1.96 bits per heavy atom. The Kier molecular flexibility index (Phi) is 5.00. The summed E-state index contributed by atoms with van der Waals surface area (Å²) in [4.78, 5) is 21.6. The highest BCUT2D eigenvalue weighted by Gasteiger charge is 2.22. The second-order valence-corrected chi connectivity index (χ2v) is 7.22. The van der Waals surface area contributed by atoms with E-state index in [0.29, 0.717) is 11.3 Å². The summed E-state index contributed by atoms with van der Waals surface area (Å²) in [6, 6.07) is 9.52. The number of methoxy groups -OCH3 is 1. The van der Waals surface area contributed by atoms with Gasteiger partial charge in [0.05, 0.1) is 12.8 Å². The minimum Gasteiger partial charge on any atom is -0.497 e. The van der Waals surface area contributed by atoms with E-state index in [1.807, 2.05) is 47.9 Å². The number of rotatable bonds is 4. The Hall–Kier alpha value is -2.93. The van der Waals surface area contributed by atoms with Gasteiger partial charge in [0.15, 0.2) is 5.65 Å². The SMILES string of the molecule is COc1cccc(C(=O)N2CCN(Cc3cnc4c(c3)c(C)nn4C)CC2)c1. The van der Waals surface area contributed by atoms with E-state index in [4.69, 9.17) is 4.74 Å². The highest BCUT2D eigenvalue weighted by molar-refractivity contribution is 5.94. The van der Waals surface area contributed by atoms with Crippen molar-refractivity contribution in [2.45, 2.75) is 13.5 Å². The van der Waals surface area contributed by atoms with Gasteiger partial charge in [0, 0.05) is 56.9 Å². The van der Waals surface area contributed by atoms with Gasteiger partial charge in [-0.3, -0.25) is 14.4 Å². The fraction of sp³-hybridized carbons (Fsp3) is 0.381. The van der Waals surface area contributed by atoms with E-state index in [1.165, 1.54) is 5.56 Å². The minimum absolute atomic E-state index is 0.0626. The van der Waals surface area contributed by atoms with Crippen molar-refractivity contribution in [2.75, 3.05) is 33.3 Å². The van der Waals surface area contributed by atoms with Gasteiger partial charge in [0.2, 0.25) is 0 Å². The number of amides is 1.